The molecule has 8 nitrogen and oxygen atoms in total. The van der Waals surface area contributed by atoms with Crippen molar-refractivity contribution in [3.63, 3.8) is 0 Å². The Morgan fingerprint density at radius 3 is 1.53 bits per heavy atom. The zero-order valence-electron chi connectivity index (χ0n) is 19.7. The Labute approximate surface area is 190 Å². The van der Waals surface area contributed by atoms with Gasteiger partial charge in [-0.15, -0.1) is 0 Å². The van der Waals surface area contributed by atoms with E-state index in [2.05, 4.69) is 37.5 Å². The van der Waals surface area contributed by atoms with Crippen LogP contribution in [-0.2, 0) is 18.9 Å². The van der Waals surface area contributed by atoms with Crippen molar-refractivity contribution in [2.24, 2.45) is 0 Å². The third kappa shape index (κ3) is 5.67. The van der Waals surface area contributed by atoms with Gasteiger partial charge in [-0.05, 0) is 51.0 Å². The number of benzene rings is 1. The molecule has 0 saturated carbocycles. The fourth-order valence-electron chi connectivity index (χ4n) is 4.16. The van der Waals surface area contributed by atoms with Crippen LogP contribution in [0.4, 0.5) is 0 Å². The molecule has 0 aliphatic carbocycles. The summed E-state index contributed by atoms with van der Waals surface area (Å²) in [7, 11) is 0. The number of nitrogens with zero attached hydrogens (tertiary/aromatic N) is 2. The van der Waals surface area contributed by atoms with E-state index in [-0.39, 0.29) is 11.4 Å². The molecule has 3 rings (SSSR count). The van der Waals surface area contributed by atoms with Gasteiger partial charge in [0.1, 0.15) is 24.7 Å². The lowest BCUT2D eigenvalue weighted by molar-refractivity contribution is -0.0738. The molecule has 178 valence electrons. The second-order valence-electron chi connectivity index (χ2n) is 8.58. The van der Waals surface area contributed by atoms with E-state index in [9.17, 15) is 9.59 Å². The molecule has 2 atom stereocenters. The van der Waals surface area contributed by atoms with Crippen molar-refractivity contribution in [2.45, 2.75) is 52.0 Å². The average molecular weight is 449 g/mol. The van der Waals surface area contributed by atoms with Crippen molar-refractivity contribution in [3.05, 3.63) is 35.4 Å². The van der Waals surface area contributed by atoms with E-state index in [4.69, 9.17) is 18.9 Å². The quantitative estimate of drug-likeness (QED) is 0.506. The predicted octanol–water partition coefficient (Wildman–Crippen LogP) is 2.92. The minimum Gasteiger partial charge on any atom is -0.461 e. The number of ether oxygens (including phenoxy) is 4. The molecule has 0 radical (unpaired) electrons. The molecular formula is C24H36N2O6. The second-order valence-corrected chi connectivity index (χ2v) is 8.58. The molecule has 2 aliphatic rings. The normalized spacial score (nSPS) is 26.4. The van der Waals surface area contributed by atoms with Crippen molar-refractivity contribution in [2.75, 3.05) is 52.6 Å². The molecule has 2 unspecified atom stereocenters. The number of rotatable bonds is 10. The molecular weight excluding hydrogens is 412 g/mol. The third-order valence-corrected chi connectivity index (χ3v) is 6.74. The van der Waals surface area contributed by atoms with Gasteiger partial charge in [-0.3, -0.25) is 9.80 Å². The molecule has 2 fully saturated rings. The van der Waals surface area contributed by atoms with Crippen LogP contribution in [0.1, 0.15) is 61.3 Å². The van der Waals surface area contributed by atoms with Gasteiger partial charge < -0.3 is 18.9 Å². The minimum absolute atomic E-state index is 0.286. The third-order valence-electron chi connectivity index (χ3n) is 6.74. The summed E-state index contributed by atoms with van der Waals surface area (Å²) in [6.45, 7) is 13.2. The molecule has 1 aromatic rings. The first-order valence-corrected chi connectivity index (χ1v) is 11.5. The van der Waals surface area contributed by atoms with Crippen LogP contribution in [-0.4, -0.2) is 85.8 Å². The number of carbonyl (C=O) groups excluding carboxylic acids is 2. The smallest absolute Gasteiger partial charge is 0.338 e. The lowest BCUT2D eigenvalue weighted by Crippen LogP contribution is -2.43. The first-order chi connectivity index (χ1) is 15.3. The molecule has 0 bridgehead atoms. The summed E-state index contributed by atoms with van der Waals surface area (Å²) in [5, 5.41) is 0. The van der Waals surface area contributed by atoms with Crippen molar-refractivity contribution in [1.29, 1.82) is 0 Å². The SMILES string of the molecule is CCC1(C)OCCN1CCOC(=O)c1ccc(C(=O)OCCN2CCOC2(C)CC)cc1. The highest BCUT2D eigenvalue weighted by atomic mass is 16.5. The summed E-state index contributed by atoms with van der Waals surface area (Å²) in [4.78, 5) is 29.0. The van der Waals surface area contributed by atoms with Crippen LogP contribution >= 0.6 is 0 Å². The molecule has 32 heavy (non-hydrogen) atoms. The number of hydrogen-bond donors (Lipinski definition) is 0. The highest BCUT2D eigenvalue weighted by molar-refractivity contribution is 5.93. The van der Waals surface area contributed by atoms with Crippen LogP contribution in [0.3, 0.4) is 0 Å². The molecule has 1 aromatic carbocycles. The predicted molar refractivity (Wildman–Crippen MR) is 119 cm³/mol. The lowest BCUT2D eigenvalue weighted by Gasteiger charge is -2.32. The fraction of sp³-hybridized carbons (Fsp3) is 0.667. The maximum Gasteiger partial charge on any atom is 0.338 e. The Morgan fingerprint density at radius 1 is 0.812 bits per heavy atom. The summed E-state index contributed by atoms with van der Waals surface area (Å²) in [5.41, 5.74) is 0.243. The fourth-order valence-corrected chi connectivity index (χ4v) is 4.16. The molecule has 0 amide bonds. The van der Waals surface area contributed by atoms with Gasteiger partial charge in [-0.2, -0.15) is 0 Å². The largest absolute Gasteiger partial charge is 0.461 e. The van der Waals surface area contributed by atoms with Gasteiger partial charge in [0.25, 0.3) is 0 Å². The van der Waals surface area contributed by atoms with E-state index in [1.807, 2.05) is 0 Å². The van der Waals surface area contributed by atoms with Gasteiger partial charge >= 0.3 is 11.9 Å². The monoisotopic (exact) mass is 448 g/mol. The standard InChI is InChI=1S/C24H36N2O6/c1-5-23(3)25(13-17-31-23)11-15-29-21(27)19-7-9-20(10-8-19)22(28)30-16-12-26-14-18-32-24(26,4)6-2/h7-10H,5-6,11-18H2,1-4H3. The highest BCUT2D eigenvalue weighted by Gasteiger charge is 2.36. The summed E-state index contributed by atoms with van der Waals surface area (Å²) >= 11 is 0. The topological polar surface area (TPSA) is 77.5 Å². The molecule has 2 heterocycles. The number of carbonyl (C=O) groups is 2. The molecule has 0 aromatic heterocycles. The van der Waals surface area contributed by atoms with Crippen LogP contribution in [0.15, 0.2) is 24.3 Å². The summed E-state index contributed by atoms with van der Waals surface area (Å²) in [6.07, 6.45) is 1.75. The number of esters is 2. The Bertz CT molecular complexity index is 720. The van der Waals surface area contributed by atoms with Crippen molar-refractivity contribution < 1.29 is 28.5 Å². The maximum atomic E-state index is 12.3. The summed E-state index contributed by atoms with van der Waals surface area (Å²) in [5.74, 6) is -0.813. The zero-order chi connectivity index (χ0) is 23.2. The Hall–Kier alpha value is -2.00. The van der Waals surface area contributed by atoms with Crippen molar-refractivity contribution in [3.8, 4) is 0 Å². The van der Waals surface area contributed by atoms with Gasteiger partial charge in [-0.25, -0.2) is 9.59 Å². The van der Waals surface area contributed by atoms with E-state index in [1.165, 1.54) is 0 Å². The second kappa shape index (κ2) is 10.7. The molecule has 8 heteroatoms. The average Bonchev–Trinajstić information content (AvgIpc) is 3.37. The molecule has 0 N–H and O–H groups in total. The van der Waals surface area contributed by atoms with Gasteiger partial charge in [0.05, 0.1) is 24.3 Å². The van der Waals surface area contributed by atoms with E-state index in [0.717, 1.165) is 25.9 Å². The molecule has 0 spiro atoms. The van der Waals surface area contributed by atoms with E-state index in [0.29, 0.717) is 50.6 Å². The van der Waals surface area contributed by atoms with Crippen LogP contribution in [0.5, 0.6) is 0 Å². The summed E-state index contributed by atoms with van der Waals surface area (Å²) < 4.78 is 22.4. The van der Waals surface area contributed by atoms with Crippen LogP contribution in [0.25, 0.3) is 0 Å². The first-order valence-electron chi connectivity index (χ1n) is 11.5. The minimum atomic E-state index is -0.406. The number of hydrogen-bond acceptors (Lipinski definition) is 8. The van der Waals surface area contributed by atoms with Crippen LogP contribution in [0.2, 0.25) is 0 Å². The lowest BCUT2D eigenvalue weighted by atomic mass is 10.1. The van der Waals surface area contributed by atoms with Gasteiger partial charge in [0, 0.05) is 26.2 Å². The van der Waals surface area contributed by atoms with Gasteiger partial charge in [-0.1, -0.05) is 13.8 Å². The van der Waals surface area contributed by atoms with Crippen molar-refractivity contribution >= 4 is 11.9 Å². The summed E-state index contributed by atoms with van der Waals surface area (Å²) in [6, 6.07) is 6.38. The Balaban J connectivity index is 1.41. The van der Waals surface area contributed by atoms with Crippen LogP contribution in [0, 0.1) is 0 Å². The molecule has 2 aliphatic heterocycles. The van der Waals surface area contributed by atoms with Gasteiger partial charge in [0.15, 0.2) is 0 Å². The zero-order valence-corrected chi connectivity index (χ0v) is 19.7. The van der Waals surface area contributed by atoms with E-state index in [1.54, 1.807) is 24.3 Å². The highest BCUT2D eigenvalue weighted by Crippen LogP contribution is 2.26. The Kier molecular flexibility index (Phi) is 8.27. The van der Waals surface area contributed by atoms with Crippen molar-refractivity contribution in [1.82, 2.24) is 9.80 Å². The molecule has 2 saturated heterocycles. The van der Waals surface area contributed by atoms with E-state index >= 15 is 0 Å². The van der Waals surface area contributed by atoms with Gasteiger partial charge in [0.2, 0.25) is 0 Å². The van der Waals surface area contributed by atoms with Crippen LogP contribution < -0.4 is 0 Å². The maximum absolute atomic E-state index is 12.3. The van der Waals surface area contributed by atoms with E-state index < -0.39 is 11.9 Å². The first kappa shape index (κ1) is 24.6. The Morgan fingerprint density at radius 2 is 1.19 bits per heavy atom.